The van der Waals surface area contributed by atoms with Gasteiger partial charge in [-0.2, -0.15) is 0 Å². The minimum atomic E-state index is -0.0152. The number of aliphatic imine (C=N–C) groups is 1. The van der Waals surface area contributed by atoms with Gasteiger partial charge in [0.1, 0.15) is 5.82 Å². The minimum Gasteiger partial charge on any atom is -0.366 e. The molecular formula is C28H30N4O. The number of piperidine rings is 1. The van der Waals surface area contributed by atoms with Crippen molar-refractivity contribution in [1.82, 2.24) is 10.3 Å². The lowest BCUT2D eigenvalue weighted by Crippen LogP contribution is -2.38. The van der Waals surface area contributed by atoms with Crippen molar-refractivity contribution in [1.29, 1.82) is 0 Å². The van der Waals surface area contributed by atoms with Crippen LogP contribution in [-0.4, -0.2) is 37.1 Å². The smallest absolute Gasteiger partial charge is 0.164 e. The number of fused-ring (bicyclic) bond motifs is 3. The molecule has 0 unspecified atom stereocenters. The lowest BCUT2D eigenvalue weighted by atomic mass is 9.73. The number of nitrogens with zero attached hydrogens (tertiary/aromatic N) is 2. The van der Waals surface area contributed by atoms with Crippen molar-refractivity contribution in [3.63, 3.8) is 0 Å². The molecule has 1 aliphatic carbocycles. The highest BCUT2D eigenvalue weighted by Crippen LogP contribution is 2.46. The first-order valence-corrected chi connectivity index (χ1v) is 11.7. The quantitative estimate of drug-likeness (QED) is 0.512. The van der Waals surface area contributed by atoms with E-state index in [1.165, 1.54) is 5.56 Å². The molecule has 1 aromatic heterocycles. The van der Waals surface area contributed by atoms with Crippen LogP contribution >= 0.6 is 0 Å². The van der Waals surface area contributed by atoms with E-state index in [0.29, 0.717) is 6.42 Å². The largest absolute Gasteiger partial charge is 0.366 e. The summed E-state index contributed by atoms with van der Waals surface area (Å²) < 4.78 is 0. The number of Topliss-reactive ketones (excluding diaryl/α,β-unsaturated/α-hetero) is 1. The summed E-state index contributed by atoms with van der Waals surface area (Å²) in [6.45, 7) is 10.3. The first-order valence-electron chi connectivity index (χ1n) is 11.7. The molecular weight excluding hydrogens is 408 g/mol. The number of nitrogens with one attached hydrogen (secondary N) is 2. The molecule has 1 saturated heterocycles. The molecule has 5 nitrogen and oxygen atoms in total. The van der Waals surface area contributed by atoms with Crippen molar-refractivity contribution < 1.29 is 4.79 Å². The van der Waals surface area contributed by atoms with Gasteiger partial charge < -0.3 is 10.6 Å². The first kappa shape index (κ1) is 21.5. The van der Waals surface area contributed by atoms with Crippen molar-refractivity contribution >= 4 is 29.5 Å². The summed E-state index contributed by atoms with van der Waals surface area (Å²) in [6, 6.07) is 8.60. The Kier molecular flexibility index (Phi) is 5.59. The van der Waals surface area contributed by atoms with Crippen LogP contribution in [0.2, 0.25) is 0 Å². The van der Waals surface area contributed by atoms with Gasteiger partial charge in [-0.05, 0) is 75.3 Å². The molecule has 1 fully saturated rings. The maximum absolute atomic E-state index is 12.8. The molecule has 33 heavy (non-hydrogen) atoms. The second-order valence-electron chi connectivity index (χ2n) is 9.17. The van der Waals surface area contributed by atoms with Crippen LogP contribution in [0.25, 0.3) is 11.1 Å². The van der Waals surface area contributed by atoms with E-state index in [-0.39, 0.29) is 11.2 Å². The SMILES string of the molecule is C=N/C(C)=C(\C=C/C)c1cnc2c(c1)C(c1ccc3c(c1)C1(CCNCC1)CC3=O)=CCN2. The van der Waals surface area contributed by atoms with Crippen LogP contribution in [0.5, 0.6) is 0 Å². The second kappa shape index (κ2) is 8.56. The molecule has 3 aliphatic rings. The van der Waals surface area contributed by atoms with E-state index in [1.54, 1.807) is 0 Å². The number of aromatic nitrogens is 1. The topological polar surface area (TPSA) is 66.4 Å². The van der Waals surface area contributed by atoms with Gasteiger partial charge in [0.05, 0.1) is 0 Å². The van der Waals surface area contributed by atoms with E-state index in [0.717, 1.165) is 77.4 Å². The molecule has 2 N–H and O–H groups in total. The van der Waals surface area contributed by atoms with Crippen LogP contribution in [0.15, 0.2) is 59.4 Å². The van der Waals surface area contributed by atoms with Crippen molar-refractivity contribution in [2.24, 2.45) is 4.99 Å². The van der Waals surface area contributed by atoms with Gasteiger partial charge in [-0.1, -0.05) is 30.4 Å². The fourth-order valence-corrected chi connectivity index (χ4v) is 5.51. The number of pyridine rings is 1. The predicted octanol–water partition coefficient (Wildman–Crippen LogP) is 5.15. The van der Waals surface area contributed by atoms with Gasteiger partial charge >= 0.3 is 0 Å². The third-order valence-corrected chi connectivity index (χ3v) is 7.29. The Hall–Kier alpha value is -3.31. The molecule has 1 aromatic carbocycles. The van der Waals surface area contributed by atoms with Gasteiger partial charge in [0.2, 0.25) is 0 Å². The molecule has 0 atom stereocenters. The number of rotatable bonds is 4. The number of allylic oxidation sites excluding steroid dienone is 4. The predicted molar refractivity (Wildman–Crippen MR) is 136 cm³/mol. The molecule has 1 spiro atoms. The third kappa shape index (κ3) is 3.66. The summed E-state index contributed by atoms with van der Waals surface area (Å²) in [4.78, 5) is 21.7. The molecule has 0 saturated carbocycles. The van der Waals surface area contributed by atoms with Crippen molar-refractivity contribution in [2.45, 2.75) is 38.5 Å². The zero-order chi connectivity index (χ0) is 23.0. The van der Waals surface area contributed by atoms with Crippen LogP contribution in [0, 0.1) is 0 Å². The van der Waals surface area contributed by atoms with Crippen LogP contribution < -0.4 is 10.6 Å². The summed E-state index contributed by atoms with van der Waals surface area (Å²) in [7, 11) is 0. The van der Waals surface area contributed by atoms with Crippen LogP contribution in [0.1, 0.15) is 65.7 Å². The van der Waals surface area contributed by atoms with Gasteiger partial charge in [0, 0.05) is 52.5 Å². The van der Waals surface area contributed by atoms with Gasteiger partial charge in [-0.15, -0.1) is 0 Å². The Labute approximate surface area is 195 Å². The molecule has 168 valence electrons. The molecule has 5 rings (SSSR count). The number of ketones is 1. The van der Waals surface area contributed by atoms with Gasteiger partial charge in [0.15, 0.2) is 5.78 Å². The molecule has 5 heteroatoms. The first-order chi connectivity index (χ1) is 16.1. The van der Waals surface area contributed by atoms with Crippen molar-refractivity contribution in [3.8, 4) is 0 Å². The second-order valence-corrected chi connectivity index (χ2v) is 9.17. The fourth-order valence-electron chi connectivity index (χ4n) is 5.51. The normalized spacial score (nSPS) is 19.6. The highest BCUT2D eigenvalue weighted by atomic mass is 16.1. The minimum absolute atomic E-state index is 0.0152. The van der Waals surface area contributed by atoms with E-state index >= 15 is 0 Å². The Morgan fingerprint density at radius 2 is 2.03 bits per heavy atom. The Bertz CT molecular complexity index is 1230. The number of carbonyl (C=O) groups is 1. The maximum Gasteiger partial charge on any atom is 0.164 e. The maximum atomic E-state index is 12.8. The zero-order valence-corrected chi connectivity index (χ0v) is 19.4. The van der Waals surface area contributed by atoms with E-state index < -0.39 is 0 Å². The zero-order valence-electron chi connectivity index (χ0n) is 19.4. The average molecular weight is 439 g/mol. The van der Waals surface area contributed by atoms with E-state index in [4.69, 9.17) is 4.98 Å². The van der Waals surface area contributed by atoms with Crippen LogP contribution in [-0.2, 0) is 5.41 Å². The highest BCUT2D eigenvalue weighted by molar-refractivity contribution is 6.03. The number of anilines is 1. The van der Waals surface area contributed by atoms with Gasteiger partial charge in [0.25, 0.3) is 0 Å². The monoisotopic (exact) mass is 438 g/mol. The lowest BCUT2D eigenvalue weighted by Gasteiger charge is -2.34. The Balaban J connectivity index is 1.61. The summed E-state index contributed by atoms with van der Waals surface area (Å²) in [5, 5.41) is 6.85. The number of hydrogen-bond acceptors (Lipinski definition) is 5. The highest BCUT2D eigenvalue weighted by Gasteiger charge is 2.44. The summed E-state index contributed by atoms with van der Waals surface area (Å²) in [5.41, 5.74) is 8.41. The molecule has 0 bridgehead atoms. The fraction of sp³-hybridized carbons (Fsp3) is 0.321. The van der Waals surface area contributed by atoms with Crippen molar-refractivity contribution in [3.05, 3.63) is 82.2 Å². The molecule has 0 amide bonds. The average Bonchev–Trinajstić information content (AvgIpc) is 3.11. The van der Waals surface area contributed by atoms with Gasteiger partial charge in [-0.25, -0.2) is 4.98 Å². The van der Waals surface area contributed by atoms with E-state index in [2.05, 4.69) is 52.7 Å². The summed E-state index contributed by atoms with van der Waals surface area (Å²) >= 11 is 0. The van der Waals surface area contributed by atoms with E-state index in [9.17, 15) is 4.79 Å². The standard InChI is InChI=1S/C28H30N4O/c1-4-5-21(18(2)29-3)20-14-24-22(8-11-31-27(24)32-17-20)19-6-7-23-25(15-19)28(16-26(23)33)9-12-30-13-10-28/h4-8,14-15,17,30H,3,9-13,16H2,1-2H3,(H,31,32)/b5-4-,21-18+. The van der Waals surface area contributed by atoms with Crippen LogP contribution in [0.3, 0.4) is 0 Å². The van der Waals surface area contributed by atoms with Crippen molar-refractivity contribution in [2.75, 3.05) is 25.0 Å². The Morgan fingerprint density at radius 1 is 1.21 bits per heavy atom. The van der Waals surface area contributed by atoms with E-state index in [1.807, 2.05) is 32.2 Å². The van der Waals surface area contributed by atoms with Crippen LogP contribution in [0.4, 0.5) is 5.82 Å². The summed E-state index contributed by atoms with van der Waals surface area (Å²) in [5.74, 6) is 1.17. The number of carbonyl (C=O) groups excluding carboxylic acids is 1. The third-order valence-electron chi connectivity index (χ3n) is 7.29. The molecule has 2 aromatic rings. The molecule has 3 heterocycles. The van der Waals surface area contributed by atoms with Gasteiger partial charge in [-0.3, -0.25) is 9.79 Å². The number of hydrogen-bond donors (Lipinski definition) is 2. The molecule has 0 radical (unpaired) electrons. The summed E-state index contributed by atoms with van der Waals surface area (Å²) in [6.07, 6.45) is 10.8. The lowest BCUT2D eigenvalue weighted by molar-refractivity contribution is 0.0964. The molecule has 2 aliphatic heterocycles. The Morgan fingerprint density at radius 3 is 2.79 bits per heavy atom. The number of benzene rings is 1.